The van der Waals surface area contributed by atoms with Gasteiger partial charge < -0.3 is 9.32 Å². The molecule has 1 amide bonds. The number of nitrogens with zero attached hydrogens (tertiary/aromatic N) is 3. The number of aromatic nitrogens is 1. The van der Waals surface area contributed by atoms with Crippen LogP contribution in [0.2, 0.25) is 0 Å². The number of aryl methyl sites for hydroxylation is 1. The van der Waals surface area contributed by atoms with Gasteiger partial charge in [0.15, 0.2) is 5.58 Å². The predicted octanol–water partition coefficient (Wildman–Crippen LogP) is 1.42. The molecule has 0 N–H and O–H groups in total. The van der Waals surface area contributed by atoms with Crippen LogP contribution in [0.25, 0.3) is 11.1 Å². The van der Waals surface area contributed by atoms with Crippen molar-refractivity contribution in [1.82, 2.24) is 13.8 Å². The van der Waals surface area contributed by atoms with Crippen LogP contribution in [-0.2, 0) is 17.1 Å². The van der Waals surface area contributed by atoms with E-state index < -0.39 is 21.6 Å². The molecule has 0 radical (unpaired) electrons. The molecule has 8 nitrogen and oxygen atoms in total. The Morgan fingerprint density at radius 2 is 1.69 bits per heavy atom. The lowest BCUT2D eigenvalue weighted by atomic mass is 10.2. The van der Waals surface area contributed by atoms with E-state index in [0.717, 1.165) is 0 Å². The number of halogens is 1. The molecule has 1 fully saturated rings. The maximum absolute atomic E-state index is 13.0. The largest absolute Gasteiger partial charge is 0.419 e. The maximum Gasteiger partial charge on any atom is 0.419 e. The number of rotatable bonds is 3. The first-order chi connectivity index (χ1) is 13.8. The molecule has 0 unspecified atom stereocenters. The zero-order valence-corrected chi connectivity index (χ0v) is 16.4. The van der Waals surface area contributed by atoms with Crippen molar-refractivity contribution in [3.05, 3.63) is 64.4 Å². The van der Waals surface area contributed by atoms with Gasteiger partial charge in [-0.3, -0.25) is 9.36 Å². The minimum Gasteiger partial charge on any atom is -0.408 e. The third-order valence-corrected chi connectivity index (χ3v) is 6.91. The average Bonchev–Trinajstić information content (AvgIpc) is 3.01. The lowest BCUT2D eigenvalue weighted by Gasteiger charge is -2.34. The zero-order valence-electron chi connectivity index (χ0n) is 15.5. The highest BCUT2D eigenvalue weighted by atomic mass is 32.2. The number of carbonyl (C=O) groups excluding carboxylic acids is 1. The molecule has 0 aliphatic carbocycles. The molecule has 1 aliphatic rings. The van der Waals surface area contributed by atoms with E-state index in [1.807, 2.05) is 0 Å². The van der Waals surface area contributed by atoms with E-state index in [4.69, 9.17) is 4.42 Å². The Bertz CT molecular complexity index is 1240. The molecule has 2 heterocycles. The Labute approximate surface area is 165 Å². The number of amides is 1. The van der Waals surface area contributed by atoms with Gasteiger partial charge in [0.05, 0.1) is 10.4 Å². The Morgan fingerprint density at radius 3 is 2.34 bits per heavy atom. The second-order valence-corrected chi connectivity index (χ2v) is 8.70. The van der Waals surface area contributed by atoms with Crippen molar-refractivity contribution < 1.29 is 22.0 Å². The third kappa shape index (κ3) is 3.45. The van der Waals surface area contributed by atoms with Crippen LogP contribution in [0.15, 0.2) is 56.6 Å². The highest BCUT2D eigenvalue weighted by molar-refractivity contribution is 7.89. The van der Waals surface area contributed by atoms with E-state index in [-0.39, 0.29) is 42.6 Å². The van der Waals surface area contributed by atoms with Crippen molar-refractivity contribution in [2.24, 2.45) is 7.05 Å². The number of oxazole rings is 1. The highest BCUT2D eigenvalue weighted by Crippen LogP contribution is 2.22. The summed E-state index contributed by atoms with van der Waals surface area (Å²) in [5.41, 5.74) is 1.06. The molecule has 152 valence electrons. The van der Waals surface area contributed by atoms with Gasteiger partial charge >= 0.3 is 5.76 Å². The Hall–Kier alpha value is -2.98. The Morgan fingerprint density at radius 1 is 1.03 bits per heavy atom. The predicted molar refractivity (Wildman–Crippen MR) is 103 cm³/mol. The molecule has 1 aliphatic heterocycles. The quantitative estimate of drug-likeness (QED) is 0.640. The zero-order chi connectivity index (χ0) is 20.8. The van der Waals surface area contributed by atoms with E-state index in [1.165, 1.54) is 51.3 Å². The molecule has 10 heteroatoms. The van der Waals surface area contributed by atoms with Gasteiger partial charge in [0.25, 0.3) is 5.91 Å². The lowest BCUT2D eigenvalue weighted by molar-refractivity contribution is 0.0698. The van der Waals surface area contributed by atoms with Gasteiger partial charge in [-0.1, -0.05) is 0 Å². The van der Waals surface area contributed by atoms with E-state index in [0.29, 0.717) is 11.1 Å². The number of hydrogen-bond acceptors (Lipinski definition) is 5. The number of hydrogen-bond donors (Lipinski definition) is 0. The molecule has 1 aromatic heterocycles. The average molecular weight is 419 g/mol. The van der Waals surface area contributed by atoms with Crippen LogP contribution in [0.3, 0.4) is 0 Å². The molecule has 3 aromatic rings. The van der Waals surface area contributed by atoms with Crippen molar-refractivity contribution in [3.8, 4) is 0 Å². The summed E-state index contributed by atoms with van der Waals surface area (Å²) in [4.78, 5) is 25.7. The summed E-state index contributed by atoms with van der Waals surface area (Å²) in [6.45, 7) is 0.703. The molecule has 0 spiro atoms. The summed E-state index contributed by atoms with van der Waals surface area (Å²) in [5.74, 6) is -1.26. The van der Waals surface area contributed by atoms with Gasteiger partial charge in [0, 0.05) is 44.9 Å². The Balaban J connectivity index is 1.50. The van der Waals surface area contributed by atoms with Crippen LogP contribution in [0.4, 0.5) is 4.39 Å². The summed E-state index contributed by atoms with van der Waals surface area (Å²) in [7, 11) is -2.26. The fourth-order valence-electron chi connectivity index (χ4n) is 3.33. The third-order valence-electron chi connectivity index (χ3n) is 5.02. The molecule has 0 bridgehead atoms. The molecular weight excluding hydrogens is 401 g/mol. The Kier molecular flexibility index (Phi) is 4.75. The summed E-state index contributed by atoms with van der Waals surface area (Å²) in [5, 5.41) is 0. The van der Waals surface area contributed by atoms with Crippen molar-refractivity contribution in [2.75, 3.05) is 26.2 Å². The van der Waals surface area contributed by atoms with Crippen molar-refractivity contribution in [1.29, 1.82) is 0 Å². The van der Waals surface area contributed by atoms with Gasteiger partial charge in [-0.05, 0) is 36.4 Å². The first-order valence-corrected chi connectivity index (χ1v) is 10.4. The number of benzene rings is 2. The molecular formula is C19H18FN3O5S. The molecule has 2 aromatic carbocycles. The van der Waals surface area contributed by atoms with E-state index in [1.54, 1.807) is 11.9 Å². The van der Waals surface area contributed by atoms with E-state index >= 15 is 0 Å². The summed E-state index contributed by atoms with van der Waals surface area (Å²) < 4.78 is 46.6. The smallest absolute Gasteiger partial charge is 0.408 e. The fraction of sp³-hybridized carbons (Fsp3) is 0.263. The van der Waals surface area contributed by atoms with Crippen LogP contribution in [0.5, 0.6) is 0 Å². The maximum atomic E-state index is 13.0. The minimum absolute atomic E-state index is 0.0256. The van der Waals surface area contributed by atoms with Gasteiger partial charge in [0.2, 0.25) is 10.0 Å². The normalized spacial score (nSPS) is 15.7. The van der Waals surface area contributed by atoms with Crippen LogP contribution >= 0.6 is 0 Å². The van der Waals surface area contributed by atoms with Gasteiger partial charge in [-0.15, -0.1) is 0 Å². The molecule has 4 rings (SSSR count). The topological polar surface area (TPSA) is 92.8 Å². The van der Waals surface area contributed by atoms with Crippen LogP contribution in [0.1, 0.15) is 10.4 Å². The van der Waals surface area contributed by atoms with E-state index in [2.05, 4.69) is 0 Å². The molecule has 0 saturated carbocycles. The standard InChI is InChI=1S/C19H18FN3O5S/c1-21-16-7-6-15(12-17(16)28-19(21)25)29(26,27)23-10-8-22(9-11-23)18(24)13-2-4-14(20)5-3-13/h2-7,12H,8-11H2,1H3. The SMILES string of the molecule is Cn1c(=O)oc2cc(S(=O)(=O)N3CCN(C(=O)c4ccc(F)cc4)CC3)ccc21. The van der Waals surface area contributed by atoms with Crippen LogP contribution in [0, 0.1) is 5.82 Å². The van der Waals surface area contributed by atoms with Crippen molar-refractivity contribution in [2.45, 2.75) is 4.90 Å². The molecule has 29 heavy (non-hydrogen) atoms. The van der Waals surface area contributed by atoms with Crippen LogP contribution in [-0.4, -0.2) is 54.3 Å². The number of piperazine rings is 1. The summed E-state index contributed by atoms with van der Waals surface area (Å²) in [6.07, 6.45) is 0. The minimum atomic E-state index is -3.80. The van der Waals surface area contributed by atoms with Gasteiger partial charge in [-0.2, -0.15) is 4.31 Å². The number of fused-ring (bicyclic) bond motifs is 1. The summed E-state index contributed by atoms with van der Waals surface area (Å²) >= 11 is 0. The van der Waals surface area contributed by atoms with Crippen LogP contribution < -0.4 is 5.76 Å². The second-order valence-electron chi connectivity index (χ2n) is 6.76. The lowest BCUT2D eigenvalue weighted by Crippen LogP contribution is -2.50. The van der Waals surface area contributed by atoms with E-state index in [9.17, 15) is 22.4 Å². The van der Waals surface area contributed by atoms with Crippen molar-refractivity contribution >= 4 is 27.0 Å². The molecule has 1 saturated heterocycles. The number of sulfonamides is 1. The first kappa shape index (κ1) is 19.3. The van der Waals surface area contributed by atoms with Crippen molar-refractivity contribution in [3.63, 3.8) is 0 Å². The van der Waals surface area contributed by atoms with Gasteiger partial charge in [-0.25, -0.2) is 17.6 Å². The monoisotopic (exact) mass is 419 g/mol. The number of carbonyl (C=O) groups is 1. The second kappa shape index (κ2) is 7.12. The first-order valence-electron chi connectivity index (χ1n) is 8.92. The molecule has 0 atom stereocenters. The van der Waals surface area contributed by atoms with Gasteiger partial charge in [0.1, 0.15) is 5.82 Å². The highest BCUT2D eigenvalue weighted by Gasteiger charge is 2.31. The fourth-order valence-corrected chi connectivity index (χ4v) is 4.77. The summed E-state index contributed by atoms with van der Waals surface area (Å²) in [6, 6.07) is 9.54.